The van der Waals surface area contributed by atoms with Crippen molar-refractivity contribution in [1.82, 2.24) is 4.57 Å². The molecule has 68 heavy (non-hydrogen) atoms. The molecule has 0 aliphatic heterocycles. The van der Waals surface area contributed by atoms with Crippen molar-refractivity contribution in [3.05, 3.63) is 299 Å². The van der Waals surface area contributed by atoms with Gasteiger partial charge in [0.15, 0.2) is 0 Å². The fourth-order valence-corrected chi connectivity index (χ4v) is 13.2. The number of hydrogen-bond acceptors (Lipinski definition) is 1. The summed E-state index contributed by atoms with van der Waals surface area (Å²) in [6.45, 7) is 0. The SMILES string of the molecule is c1ccc(N(c2ccccc2)c2ccc(-n3c4c5c(ccc4c4ccc6ccccc6c43)C3(c4ccccc4-5)c4ccccc4C4(c5ccccc5-c5ccccc54)c4ccccc43)cc2)cc1. The van der Waals surface area contributed by atoms with Crippen molar-refractivity contribution in [3.63, 3.8) is 0 Å². The van der Waals surface area contributed by atoms with Gasteiger partial charge in [-0.25, -0.2) is 0 Å². The Morgan fingerprint density at radius 1 is 0.265 bits per heavy atom. The lowest BCUT2D eigenvalue weighted by atomic mass is 9.52. The third-order valence-electron chi connectivity index (χ3n) is 15.6. The molecule has 0 radical (unpaired) electrons. The Morgan fingerprint density at radius 3 is 1.25 bits per heavy atom. The maximum absolute atomic E-state index is 2.59. The lowest BCUT2D eigenvalue weighted by molar-refractivity contribution is 0.633. The average molecular weight is 863 g/mol. The van der Waals surface area contributed by atoms with Gasteiger partial charge < -0.3 is 9.47 Å². The molecule has 0 fully saturated rings. The second-order valence-corrected chi connectivity index (χ2v) is 18.7. The highest BCUT2D eigenvalue weighted by atomic mass is 15.1. The highest BCUT2D eigenvalue weighted by Gasteiger charge is 2.59. The van der Waals surface area contributed by atoms with Crippen molar-refractivity contribution >= 4 is 49.6 Å². The van der Waals surface area contributed by atoms with Crippen LogP contribution in [0.4, 0.5) is 17.1 Å². The molecular weight excluding hydrogens is 821 g/mol. The molecule has 2 nitrogen and oxygen atoms in total. The van der Waals surface area contributed by atoms with E-state index in [9.17, 15) is 0 Å². The minimum Gasteiger partial charge on any atom is -0.311 e. The quantitative estimate of drug-likeness (QED) is 0.171. The van der Waals surface area contributed by atoms with E-state index in [0.717, 1.165) is 22.7 Å². The van der Waals surface area contributed by atoms with E-state index in [4.69, 9.17) is 0 Å². The second kappa shape index (κ2) is 13.9. The molecular formula is C66H42N2. The van der Waals surface area contributed by atoms with E-state index >= 15 is 0 Å². The maximum atomic E-state index is 2.59. The van der Waals surface area contributed by atoms with Crippen LogP contribution in [0.25, 0.3) is 60.5 Å². The van der Waals surface area contributed by atoms with Crippen LogP contribution < -0.4 is 4.90 Å². The number of fused-ring (bicyclic) bond motifs is 22. The number of rotatable bonds is 4. The highest BCUT2D eigenvalue weighted by molar-refractivity contribution is 6.22. The minimum absolute atomic E-state index is 0.490. The van der Waals surface area contributed by atoms with Crippen LogP contribution in [-0.2, 0) is 10.8 Å². The summed E-state index contributed by atoms with van der Waals surface area (Å²) >= 11 is 0. The van der Waals surface area contributed by atoms with Crippen molar-refractivity contribution < 1.29 is 0 Å². The molecule has 1 aromatic heterocycles. The standard InChI is InChI=1S/C66H42N2/c1-3-20-44(21-4-1)67(45-22-5-2-6-23-45)46-36-38-47(39-37-46)68-63-48-24-8-7-19-43(48)35-40-51(63)52-41-42-61-62(64(52)68)53-27-11-14-30-56(53)66(61)59-33-17-15-31-57(59)65(58-32-16-18-34-60(58)66)54-28-12-9-25-49(54)50-26-10-13-29-55(50)65/h1-42H. The number of anilines is 3. The summed E-state index contributed by atoms with van der Waals surface area (Å²) in [7, 11) is 0. The largest absolute Gasteiger partial charge is 0.311 e. The molecule has 11 aromatic carbocycles. The molecule has 3 aliphatic rings. The molecule has 0 unspecified atom stereocenters. The number of hydrogen-bond donors (Lipinski definition) is 0. The molecule has 15 rings (SSSR count). The molecule has 316 valence electrons. The summed E-state index contributed by atoms with van der Waals surface area (Å²) in [6.07, 6.45) is 0. The summed E-state index contributed by atoms with van der Waals surface area (Å²) in [5, 5.41) is 4.97. The number of aromatic nitrogens is 1. The van der Waals surface area contributed by atoms with Crippen LogP contribution in [0.1, 0.15) is 44.5 Å². The minimum atomic E-state index is -0.593. The fraction of sp³-hybridized carbons (Fsp3) is 0.0303. The first-order chi connectivity index (χ1) is 33.8. The van der Waals surface area contributed by atoms with E-state index in [1.165, 1.54) is 99.3 Å². The van der Waals surface area contributed by atoms with Crippen LogP contribution >= 0.6 is 0 Å². The van der Waals surface area contributed by atoms with Gasteiger partial charge in [0, 0.05) is 44.5 Å². The lowest BCUT2D eigenvalue weighted by Crippen LogP contribution is -2.43. The first-order valence-corrected chi connectivity index (χ1v) is 23.8. The van der Waals surface area contributed by atoms with E-state index in [0.29, 0.717) is 0 Å². The van der Waals surface area contributed by atoms with E-state index in [-0.39, 0.29) is 0 Å². The first-order valence-electron chi connectivity index (χ1n) is 23.8. The van der Waals surface area contributed by atoms with E-state index < -0.39 is 10.8 Å². The molecule has 0 N–H and O–H groups in total. The van der Waals surface area contributed by atoms with E-state index in [2.05, 4.69) is 264 Å². The van der Waals surface area contributed by atoms with Gasteiger partial charge in [0.1, 0.15) is 0 Å². The zero-order chi connectivity index (χ0) is 44.6. The maximum Gasteiger partial charge on any atom is 0.0720 e. The highest BCUT2D eigenvalue weighted by Crippen LogP contribution is 2.68. The second-order valence-electron chi connectivity index (χ2n) is 18.7. The third kappa shape index (κ3) is 4.66. The van der Waals surface area contributed by atoms with Crippen LogP contribution in [0, 0.1) is 0 Å². The Bertz CT molecular complexity index is 3890. The molecule has 1 heterocycles. The zero-order valence-corrected chi connectivity index (χ0v) is 37.1. The van der Waals surface area contributed by atoms with Gasteiger partial charge in [-0.05, 0) is 115 Å². The van der Waals surface area contributed by atoms with E-state index in [1.807, 2.05) is 0 Å². The molecule has 0 atom stereocenters. The van der Waals surface area contributed by atoms with Crippen LogP contribution in [0.2, 0.25) is 0 Å². The Labute approximate surface area is 395 Å². The summed E-state index contributed by atoms with van der Waals surface area (Å²) < 4.78 is 2.59. The molecule has 0 saturated carbocycles. The van der Waals surface area contributed by atoms with E-state index in [1.54, 1.807) is 0 Å². The number of benzene rings is 11. The molecule has 0 saturated heterocycles. The van der Waals surface area contributed by atoms with Gasteiger partial charge >= 0.3 is 0 Å². The van der Waals surface area contributed by atoms with Gasteiger partial charge in [-0.15, -0.1) is 0 Å². The normalized spacial score (nSPS) is 14.1. The average Bonchev–Trinajstić information content (AvgIpc) is 4.02. The topological polar surface area (TPSA) is 8.17 Å². The first kappa shape index (κ1) is 37.5. The van der Waals surface area contributed by atoms with Crippen LogP contribution in [0.5, 0.6) is 0 Å². The van der Waals surface area contributed by atoms with Gasteiger partial charge in [0.25, 0.3) is 0 Å². The summed E-state index contributed by atoms with van der Waals surface area (Å²) in [5.74, 6) is 0. The Balaban J connectivity index is 1.05. The Morgan fingerprint density at radius 2 is 0.676 bits per heavy atom. The van der Waals surface area contributed by atoms with Gasteiger partial charge in [-0.3, -0.25) is 0 Å². The van der Waals surface area contributed by atoms with Crippen LogP contribution in [0.15, 0.2) is 255 Å². The van der Waals surface area contributed by atoms with Crippen LogP contribution in [-0.4, -0.2) is 4.57 Å². The smallest absolute Gasteiger partial charge is 0.0720 e. The molecule has 2 heteroatoms. The fourth-order valence-electron chi connectivity index (χ4n) is 13.2. The Kier molecular flexibility index (Phi) is 7.67. The molecule has 3 aliphatic carbocycles. The van der Waals surface area contributed by atoms with Crippen molar-refractivity contribution in [1.29, 1.82) is 0 Å². The molecule has 0 amide bonds. The Hall–Kier alpha value is -8.72. The molecule has 0 bridgehead atoms. The zero-order valence-electron chi connectivity index (χ0n) is 37.1. The van der Waals surface area contributed by atoms with Crippen molar-refractivity contribution in [3.8, 4) is 27.9 Å². The third-order valence-corrected chi connectivity index (χ3v) is 15.6. The predicted octanol–water partition coefficient (Wildman–Crippen LogP) is 16.4. The summed E-state index contributed by atoms with van der Waals surface area (Å²) in [6, 6.07) is 95.5. The van der Waals surface area contributed by atoms with Crippen molar-refractivity contribution in [2.24, 2.45) is 0 Å². The summed E-state index contributed by atoms with van der Waals surface area (Å²) in [5.41, 5.74) is 21.8. The molecule has 12 aromatic rings. The van der Waals surface area contributed by atoms with Gasteiger partial charge in [0.05, 0.1) is 21.9 Å². The van der Waals surface area contributed by atoms with Gasteiger partial charge in [-0.2, -0.15) is 0 Å². The van der Waals surface area contributed by atoms with Gasteiger partial charge in [-0.1, -0.05) is 206 Å². The lowest BCUT2D eigenvalue weighted by Gasteiger charge is -2.48. The monoisotopic (exact) mass is 862 g/mol. The molecule has 2 spiro atoms. The number of nitrogens with zero attached hydrogens (tertiary/aromatic N) is 2. The summed E-state index contributed by atoms with van der Waals surface area (Å²) in [4.78, 5) is 2.34. The van der Waals surface area contributed by atoms with Crippen molar-refractivity contribution in [2.45, 2.75) is 10.8 Å². The van der Waals surface area contributed by atoms with Gasteiger partial charge in [0.2, 0.25) is 0 Å². The number of para-hydroxylation sites is 2. The van der Waals surface area contributed by atoms with Crippen LogP contribution in [0.3, 0.4) is 0 Å². The predicted molar refractivity (Wildman–Crippen MR) is 281 cm³/mol. The van der Waals surface area contributed by atoms with Crippen molar-refractivity contribution in [2.75, 3.05) is 4.90 Å².